The third-order valence-corrected chi connectivity index (χ3v) is 6.01. The molecule has 3 rings (SSSR count). The molecule has 0 spiro atoms. The van der Waals surface area contributed by atoms with Gasteiger partial charge in [-0.15, -0.1) is 0 Å². The molecule has 1 aliphatic heterocycles. The van der Waals surface area contributed by atoms with Gasteiger partial charge in [0, 0.05) is 30.5 Å². The quantitative estimate of drug-likeness (QED) is 0.331. The van der Waals surface area contributed by atoms with Gasteiger partial charge in [-0.25, -0.2) is 18.2 Å². The Morgan fingerprint density at radius 1 is 1.02 bits per heavy atom. The summed E-state index contributed by atoms with van der Waals surface area (Å²) in [4.78, 5) is 30.5. The summed E-state index contributed by atoms with van der Waals surface area (Å²) in [5.74, 6) is -2.60. The number of carbonyl (C=O) groups is 2. The molecule has 40 heavy (non-hydrogen) atoms. The largest absolute Gasteiger partial charge is 0.460 e. The van der Waals surface area contributed by atoms with Crippen LogP contribution in [0, 0.1) is 17.6 Å². The Morgan fingerprint density at radius 2 is 1.60 bits per heavy atom. The van der Waals surface area contributed by atoms with Crippen LogP contribution < -0.4 is 0 Å². The summed E-state index contributed by atoms with van der Waals surface area (Å²) in [6.07, 6.45) is 0.212. The van der Waals surface area contributed by atoms with E-state index in [2.05, 4.69) is 0 Å². The minimum Gasteiger partial charge on any atom is -0.460 e. The van der Waals surface area contributed by atoms with Crippen LogP contribution >= 0.6 is 0 Å². The average Bonchev–Trinajstić information content (AvgIpc) is 2.87. The average molecular weight is 557 g/mol. The van der Waals surface area contributed by atoms with E-state index >= 15 is 4.39 Å². The van der Waals surface area contributed by atoms with E-state index in [0.29, 0.717) is 22.7 Å². The van der Waals surface area contributed by atoms with Crippen LogP contribution in [0.1, 0.15) is 71.0 Å². The van der Waals surface area contributed by atoms with Gasteiger partial charge in [0.25, 0.3) is 0 Å². The fourth-order valence-electron chi connectivity index (χ4n) is 4.13. The molecule has 1 unspecified atom stereocenters. The molecule has 0 saturated carbocycles. The molecule has 0 aliphatic carbocycles. The van der Waals surface area contributed by atoms with Crippen molar-refractivity contribution in [2.45, 2.75) is 71.6 Å². The highest BCUT2D eigenvalue weighted by Gasteiger charge is 2.30. The normalized spacial score (nSPS) is 16.9. The van der Waals surface area contributed by atoms with Crippen LogP contribution in [0.25, 0.3) is 5.70 Å². The van der Waals surface area contributed by atoms with Crippen LogP contribution in [-0.4, -0.2) is 39.3 Å². The number of amidine groups is 1. The Balaban J connectivity index is 1.87. The highest BCUT2D eigenvalue weighted by atomic mass is 19.1. The predicted octanol–water partition coefficient (Wildman–Crippen LogP) is 6.67. The Morgan fingerprint density at radius 3 is 2.15 bits per heavy atom. The van der Waals surface area contributed by atoms with Gasteiger partial charge < -0.3 is 14.7 Å². The van der Waals surface area contributed by atoms with Crippen molar-refractivity contribution in [3.63, 3.8) is 0 Å². The number of aliphatic hydroxyl groups is 1. The van der Waals surface area contributed by atoms with Crippen LogP contribution in [0.15, 0.2) is 71.6 Å². The summed E-state index contributed by atoms with van der Waals surface area (Å²) in [6.45, 7) is 8.86. The van der Waals surface area contributed by atoms with Gasteiger partial charge in [0.2, 0.25) is 0 Å². The first-order valence-electron chi connectivity index (χ1n) is 13.1. The molecule has 214 valence electrons. The first-order valence-corrected chi connectivity index (χ1v) is 13.1. The number of carbonyl (C=O) groups excluding carboxylic acids is 2. The lowest BCUT2D eigenvalue weighted by atomic mass is 9.97. The molecular weight excluding hydrogens is 521 g/mol. The second kappa shape index (κ2) is 13.1. The smallest absolute Gasteiger partial charge is 0.306 e. The number of hydrogen-bond donors (Lipinski definition) is 1. The van der Waals surface area contributed by atoms with Crippen molar-refractivity contribution in [3.05, 3.63) is 89.4 Å². The second-order valence-electron chi connectivity index (χ2n) is 10.9. The summed E-state index contributed by atoms with van der Waals surface area (Å²) < 4.78 is 47.8. The molecule has 0 fully saturated rings. The van der Waals surface area contributed by atoms with Gasteiger partial charge in [-0.2, -0.15) is 0 Å². The van der Waals surface area contributed by atoms with E-state index in [1.807, 2.05) is 13.8 Å². The van der Waals surface area contributed by atoms with E-state index in [9.17, 15) is 23.5 Å². The summed E-state index contributed by atoms with van der Waals surface area (Å²) in [5.41, 5.74) is 1.11. The fraction of sp³-hybridized carbons (Fsp3) is 0.387. The van der Waals surface area contributed by atoms with Gasteiger partial charge in [0.15, 0.2) is 0 Å². The first kappa shape index (κ1) is 30.8. The van der Waals surface area contributed by atoms with Gasteiger partial charge in [0.05, 0.1) is 18.2 Å². The van der Waals surface area contributed by atoms with Crippen LogP contribution in [0.5, 0.6) is 0 Å². The number of hydrogen-bond acceptors (Lipinski definition) is 6. The SMILES string of the molecule is CC(C)C1=NC(c2ccc(F)cc2)=CC(c2ccc(F)cc2)N1/C=C(\F)[C@@H](O)CC(=O)CCC(=O)OC(C)(C)C. The molecule has 2 atom stereocenters. The van der Waals surface area contributed by atoms with E-state index < -0.39 is 53.4 Å². The maximum atomic E-state index is 15.4. The molecule has 0 bridgehead atoms. The van der Waals surface area contributed by atoms with Crippen molar-refractivity contribution in [1.29, 1.82) is 0 Å². The minimum atomic E-state index is -1.74. The number of nitrogens with zero attached hydrogens (tertiary/aromatic N) is 2. The second-order valence-corrected chi connectivity index (χ2v) is 10.9. The molecule has 0 aromatic heterocycles. The van der Waals surface area contributed by atoms with Gasteiger partial charge in [0.1, 0.15) is 40.8 Å². The van der Waals surface area contributed by atoms with E-state index in [4.69, 9.17) is 9.73 Å². The van der Waals surface area contributed by atoms with Crippen molar-refractivity contribution < 1.29 is 32.6 Å². The molecule has 0 amide bonds. The first-order chi connectivity index (χ1) is 18.7. The van der Waals surface area contributed by atoms with Crippen LogP contribution in [-0.2, 0) is 14.3 Å². The van der Waals surface area contributed by atoms with Crippen LogP contribution in [0.2, 0.25) is 0 Å². The summed E-state index contributed by atoms with van der Waals surface area (Å²) in [7, 11) is 0. The molecule has 1 heterocycles. The number of Topliss-reactive ketones (excluding diaryl/α,β-unsaturated/α-hetero) is 1. The van der Waals surface area contributed by atoms with Crippen molar-refractivity contribution >= 4 is 23.3 Å². The van der Waals surface area contributed by atoms with Crippen molar-refractivity contribution in [2.24, 2.45) is 10.9 Å². The number of aliphatic imine (C=N–C) groups is 1. The molecule has 2 aromatic rings. The van der Waals surface area contributed by atoms with Crippen molar-refractivity contribution in [1.82, 2.24) is 4.90 Å². The Hall–Kier alpha value is -3.72. The molecule has 0 saturated heterocycles. The molecular formula is C31H35F3N2O4. The Kier molecular flexibility index (Phi) is 10.1. The Bertz CT molecular complexity index is 1290. The van der Waals surface area contributed by atoms with Gasteiger partial charge in [-0.05, 0) is 68.8 Å². The van der Waals surface area contributed by atoms with Gasteiger partial charge in [-0.1, -0.05) is 26.0 Å². The van der Waals surface area contributed by atoms with Crippen molar-refractivity contribution in [2.75, 3.05) is 0 Å². The number of aliphatic hydroxyl groups excluding tert-OH is 1. The molecule has 0 radical (unpaired) electrons. The van der Waals surface area contributed by atoms with Crippen LogP contribution in [0.3, 0.4) is 0 Å². The van der Waals surface area contributed by atoms with Crippen LogP contribution in [0.4, 0.5) is 13.2 Å². The topological polar surface area (TPSA) is 79.2 Å². The highest BCUT2D eigenvalue weighted by molar-refractivity contribution is 5.93. The summed E-state index contributed by atoms with van der Waals surface area (Å²) >= 11 is 0. The Labute approximate surface area is 232 Å². The summed E-state index contributed by atoms with van der Waals surface area (Å²) in [6, 6.07) is 10.9. The fourth-order valence-corrected chi connectivity index (χ4v) is 4.13. The highest BCUT2D eigenvalue weighted by Crippen LogP contribution is 2.35. The number of ketones is 1. The van der Waals surface area contributed by atoms with E-state index in [1.165, 1.54) is 29.2 Å². The number of rotatable bonds is 10. The van der Waals surface area contributed by atoms with E-state index in [0.717, 1.165) is 6.20 Å². The number of halogens is 3. The van der Waals surface area contributed by atoms with E-state index in [-0.39, 0.29) is 18.8 Å². The van der Waals surface area contributed by atoms with Gasteiger partial charge >= 0.3 is 5.97 Å². The molecule has 9 heteroatoms. The zero-order valence-electron chi connectivity index (χ0n) is 23.3. The number of ether oxygens (including phenoxy) is 1. The summed E-state index contributed by atoms with van der Waals surface area (Å²) in [5, 5.41) is 10.5. The monoisotopic (exact) mass is 556 g/mol. The third-order valence-electron chi connectivity index (χ3n) is 6.01. The molecule has 1 N–H and O–H groups in total. The predicted molar refractivity (Wildman–Crippen MR) is 148 cm³/mol. The molecule has 2 aromatic carbocycles. The third kappa shape index (κ3) is 8.64. The maximum Gasteiger partial charge on any atom is 0.306 e. The maximum absolute atomic E-state index is 15.4. The molecule has 1 aliphatic rings. The van der Waals surface area contributed by atoms with Gasteiger partial charge in [-0.3, -0.25) is 9.59 Å². The number of benzene rings is 2. The lowest BCUT2D eigenvalue weighted by molar-refractivity contribution is -0.155. The zero-order chi connectivity index (χ0) is 29.6. The lowest BCUT2D eigenvalue weighted by Gasteiger charge is -2.36. The molecule has 6 nitrogen and oxygen atoms in total. The lowest BCUT2D eigenvalue weighted by Crippen LogP contribution is -2.36. The zero-order valence-corrected chi connectivity index (χ0v) is 23.3. The van der Waals surface area contributed by atoms with Crippen molar-refractivity contribution in [3.8, 4) is 0 Å². The minimum absolute atomic E-state index is 0.173. The number of esters is 1. The van der Waals surface area contributed by atoms with E-state index in [1.54, 1.807) is 51.1 Å². The standard InChI is InChI=1S/C31H35F3N2O4/c1-19(2)30-35-26(20-6-10-22(32)11-7-20)17-27(21-8-12-23(33)13-9-21)36(30)18-25(34)28(38)16-24(37)14-15-29(39)40-31(3,4)5/h6-13,17-19,27-28,38H,14-16H2,1-5H3/b25-18-/t27?,28-/m0/s1.